The lowest BCUT2D eigenvalue weighted by atomic mass is 9.82. The van der Waals surface area contributed by atoms with Crippen LogP contribution < -0.4 is 14.8 Å². The fourth-order valence-electron chi connectivity index (χ4n) is 4.64. The molecular weight excluding hydrogens is 475 g/mol. The van der Waals surface area contributed by atoms with Gasteiger partial charge < -0.3 is 14.5 Å². The second-order valence-electron chi connectivity index (χ2n) is 10.0. The van der Waals surface area contributed by atoms with Gasteiger partial charge >= 0.3 is 6.03 Å². The second kappa shape index (κ2) is 10.8. The highest BCUT2D eigenvalue weighted by molar-refractivity contribution is 7.89. The number of ether oxygens (including phenoxy) is 1. The summed E-state index contributed by atoms with van der Waals surface area (Å²) < 4.78 is 49.3. The molecule has 1 saturated carbocycles. The first-order valence-electron chi connectivity index (χ1n) is 12.4. The first-order valence-corrected chi connectivity index (χ1v) is 14.0. The maximum absolute atomic E-state index is 14.4. The van der Waals surface area contributed by atoms with Gasteiger partial charge in [0.05, 0.1) is 17.9 Å². The summed E-state index contributed by atoms with van der Waals surface area (Å²) in [6, 6.07) is 4.29. The lowest BCUT2D eigenvalue weighted by Crippen LogP contribution is -2.52. The highest BCUT2D eigenvalue weighted by Crippen LogP contribution is 2.37. The number of rotatable bonds is 12. The number of nitrogens with one attached hydrogen (secondary N) is 2. The van der Waals surface area contributed by atoms with Crippen molar-refractivity contribution in [3.63, 3.8) is 0 Å². The van der Waals surface area contributed by atoms with Crippen molar-refractivity contribution in [2.75, 3.05) is 45.6 Å². The van der Waals surface area contributed by atoms with Crippen molar-refractivity contribution >= 4 is 22.0 Å². The number of halogens is 1. The van der Waals surface area contributed by atoms with Crippen LogP contribution in [-0.4, -0.2) is 75.7 Å². The molecule has 9 nitrogen and oxygen atoms in total. The average molecular weight is 511 g/mol. The molecule has 2 heterocycles. The molecule has 0 bridgehead atoms. The molecule has 194 valence electrons. The Kier molecular flexibility index (Phi) is 7.97. The van der Waals surface area contributed by atoms with Crippen LogP contribution in [0, 0.1) is 11.7 Å². The van der Waals surface area contributed by atoms with Gasteiger partial charge in [-0.2, -0.15) is 0 Å². The highest BCUT2D eigenvalue weighted by Gasteiger charge is 2.39. The van der Waals surface area contributed by atoms with Crippen molar-refractivity contribution in [1.29, 1.82) is 0 Å². The van der Waals surface area contributed by atoms with Crippen LogP contribution in [0.25, 0.3) is 0 Å². The molecule has 3 aliphatic rings. The standard InChI is InChI=1S/C24H35FN4O5S/c1-28-12-9-24(10-13-28,19-7-8-20(25)21(15-19)34-17-18-5-6-18)27-35(32,33)14-4-2-3-11-29-16-22(30)26-23(29)31/h7-8,15,18,27H,2-6,9-14,16-17H2,1H3,(H,26,30,31). The average Bonchev–Trinajstić information content (AvgIpc) is 3.57. The van der Waals surface area contributed by atoms with Crippen LogP contribution in [0.2, 0.25) is 0 Å². The van der Waals surface area contributed by atoms with Gasteiger partial charge in [-0.25, -0.2) is 22.3 Å². The van der Waals surface area contributed by atoms with Crippen molar-refractivity contribution in [2.45, 2.75) is 50.5 Å². The molecule has 3 fully saturated rings. The molecule has 2 aliphatic heterocycles. The van der Waals surface area contributed by atoms with Crippen molar-refractivity contribution in [2.24, 2.45) is 5.92 Å². The predicted molar refractivity (Wildman–Crippen MR) is 129 cm³/mol. The number of hydrogen-bond donors (Lipinski definition) is 2. The van der Waals surface area contributed by atoms with E-state index >= 15 is 0 Å². The molecule has 4 rings (SSSR count). The number of hydrogen-bond acceptors (Lipinski definition) is 6. The Hall–Kier alpha value is -2.24. The van der Waals surface area contributed by atoms with E-state index in [2.05, 4.69) is 14.9 Å². The fraction of sp³-hybridized carbons (Fsp3) is 0.667. The first kappa shape index (κ1) is 25.8. The van der Waals surface area contributed by atoms with Gasteiger partial charge in [-0.1, -0.05) is 12.5 Å². The van der Waals surface area contributed by atoms with Gasteiger partial charge in [0, 0.05) is 6.54 Å². The van der Waals surface area contributed by atoms with Crippen molar-refractivity contribution in [1.82, 2.24) is 19.8 Å². The van der Waals surface area contributed by atoms with Crippen LogP contribution in [0.5, 0.6) is 5.75 Å². The van der Waals surface area contributed by atoms with E-state index in [-0.39, 0.29) is 24.0 Å². The third-order valence-corrected chi connectivity index (χ3v) is 8.58. The number of unbranched alkanes of at least 4 members (excludes halogenated alkanes) is 2. The van der Waals surface area contributed by atoms with Crippen LogP contribution >= 0.6 is 0 Å². The molecule has 2 saturated heterocycles. The summed E-state index contributed by atoms with van der Waals surface area (Å²) in [5.74, 6) is -0.131. The number of imide groups is 1. The molecule has 0 unspecified atom stereocenters. The Morgan fingerprint density at radius 2 is 1.91 bits per heavy atom. The van der Waals surface area contributed by atoms with Crippen LogP contribution in [0.1, 0.15) is 50.5 Å². The summed E-state index contributed by atoms with van der Waals surface area (Å²) in [4.78, 5) is 26.4. The van der Waals surface area contributed by atoms with Gasteiger partial charge in [0.25, 0.3) is 0 Å². The number of nitrogens with zero attached hydrogens (tertiary/aromatic N) is 2. The number of piperidine rings is 1. The Morgan fingerprint density at radius 1 is 1.17 bits per heavy atom. The Balaban J connectivity index is 1.37. The topological polar surface area (TPSA) is 108 Å². The molecule has 1 aromatic rings. The van der Waals surface area contributed by atoms with Crippen LogP contribution in [0.4, 0.5) is 9.18 Å². The van der Waals surface area contributed by atoms with Gasteiger partial charge in [-0.15, -0.1) is 0 Å². The highest BCUT2D eigenvalue weighted by atomic mass is 32.2. The molecular formula is C24H35FN4O5S. The van der Waals surface area contributed by atoms with E-state index in [4.69, 9.17) is 4.74 Å². The van der Waals surface area contributed by atoms with E-state index in [0.717, 1.165) is 31.5 Å². The predicted octanol–water partition coefficient (Wildman–Crippen LogP) is 2.18. The SMILES string of the molecule is CN1CCC(NS(=O)(=O)CCCCCN2CC(=O)NC2=O)(c2ccc(F)c(OCC3CC3)c2)CC1. The number of likely N-dealkylation sites (tertiary alicyclic amines) is 1. The quantitative estimate of drug-likeness (QED) is 0.330. The van der Waals surface area contributed by atoms with E-state index in [1.165, 1.54) is 11.0 Å². The molecule has 3 amide bonds. The summed E-state index contributed by atoms with van der Waals surface area (Å²) >= 11 is 0. The van der Waals surface area contributed by atoms with Gasteiger partial charge in [0.2, 0.25) is 15.9 Å². The number of benzene rings is 1. The first-order chi connectivity index (χ1) is 16.7. The molecule has 0 atom stereocenters. The summed E-state index contributed by atoms with van der Waals surface area (Å²) in [6.07, 6.45) is 5.02. The van der Waals surface area contributed by atoms with Gasteiger partial charge in [-0.05, 0) is 82.3 Å². The molecule has 1 aromatic carbocycles. The minimum absolute atomic E-state index is 0.0397. The monoisotopic (exact) mass is 510 g/mol. The minimum atomic E-state index is -3.61. The van der Waals surface area contributed by atoms with E-state index < -0.39 is 27.4 Å². The van der Waals surface area contributed by atoms with E-state index in [1.807, 2.05) is 7.05 Å². The van der Waals surface area contributed by atoms with E-state index in [0.29, 0.717) is 51.2 Å². The maximum Gasteiger partial charge on any atom is 0.324 e. The second-order valence-corrected chi connectivity index (χ2v) is 11.9. The van der Waals surface area contributed by atoms with Gasteiger partial charge in [0.15, 0.2) is 11.6 Å². The van der Waals surface area contributed by atoms with Crippen LogP contribution in [-0.2, 0) is 20.4 Å². The zero-order chi connectivity index (χ0) is 25.1. The summed E-state index contributed by atoms with van der Waals surface area (Å²) in [5, 5.41) is 2.23. The third-order valence-electron chi connectivity index (χ3n) is 7.06. The van der Waals surface area contributed by atoms with Gasteiger partial charge in [0.1, 0.15) is 6.54 Å². The minimum Gasteiger partial charge on any atom is -0.490 e. The number of amides is 3. The zero-order valence-corrected chi connectivity index (χ0v) is 21.0. The van der Waals surface area contributed by atoms with Crippen LogP contribution in [0.15, 0.2) is 18.2 Å². The van der Waals surface area contributed by atoms with Crippen molar-refractivity contribution < 1.29 is 27.1 Å². The summed E-state index contributed by atoms with van der Waals surface area (Å²) in [6.45, 7) is 2.39. The summed E-state index contributed by atoms with van der Waals surface area (Å²) in [5.41, 5.74) is -0.0869. The number of carbonyl (C=O) groups is 2. The number of urea groups is 1. The Bertz CT molecular complexity index is 1040. The molecule has 0 spiro atoms. The Labute approximate surface area is 206 Å². The van der Waals surface area contributed by atoms with E-state index in [9.17, 15) is 22.4 Å². The normalized spacial score (nSPS) is 20.8. The van der Waals surface area contributed by atoms with Gasteiger partial charge in [-0.3, -0.25) is 10.1 Å². The molecule has 0 aromatic heterocycles. The number of carbonyl (C=O) groups excluding carboxylic acids is 2. The molecule has 2 N–H and O–H groups in total. The van der Waals surface area contributed by atoms with Crippen molar-refractivity contribution in [3.8, 4) is 5.75 Å². The molecule has 35 heavy (non-hydrogen) atoms. The fourth-order valence-corrected chi connectivity index (χ4v) is 6.24. The molecule has 11 heteroatoms. The van der Waals surface area contributed by atoms with Crippen molar-refractivity contribution in [3.05, 3.63) is 29.6 Å². The van der Waals surface area contributed by atoms with Crippen LogP contribution in [0.3, 0.4) is 0 Å². The number of sulfonamides is 1. The Morgan fingerprint density at radius 3 is 2.57 bits per heavy atom. The van der Waals surface area contributed by atoms with E-state index in [1.54, 1.807) is 12.1 Å². The lowest BCUT2D eigenvalue weighted by molar-refractivity contribution is -0.118. The summed E-state index contributed by atoms with van der Waals surface area (Å²) in [7, 11) is -1.61. The lowest BCUT2D eigenvalue weighted by Gasteiger charge is -2.41. The maximum atomic E-state index is 14.4. The zero-order valence-electron chi connectivity index (χ0n) is 20.2. The smallest absolute Gasteiger partial charge is 0.324 e. The molecule has 1 aliphatic carbocycles. The third kappa shape index (κ3) is 6.92. The molecule has 0 radical (unpaired) electrons. The largest absolute Gasteiger partial charge is 0.490 e.